The molecule has 2 unspecified atom stereocenters. The molecule has 19 heavy (non-hydrogen) atoms. The summed E-state index contributed by atoms with van der Waals surface area (Å²) in [6, 6.07) is 0. The fraction of sp³-hybridized carbons (Fsp3) is 0.867. The van der Waals surface area contributed by atoms with Gasteiger partial charge in [0.15, 0.2) is 0 Å². The molecule has 4 heteroatoms. The van der Waals surface area contributed by atoms with Crippen molar-refractivity contribution < 1.29 is 14.7 Å². The van der Waals surface area contributed by atoms with Crippen LogP contribution in [0.1, 0.15) is 57.8 Å². The molecule has 1 heterocycles. The van der Waals surface area contributed by atoms with Crippen LogP contribution in [-0.2, 0) is 9.59 Å². The molecule has 1 saturated heterocycles. The number of nitrogens with zero attached hydrogens (tertiary/aromatic N) is 1. The van der Waals surface area contributed by atoms with Crippen molar-refractivity contribution in [1.82, 2.24) is 4.90 Å². The molecule has 0 aromatic carbocycles. The predicted molar refractivity (Wildman–Crippen MR) is 72.7 cm³/mol. The maximum atomic E-state index is 12.6. The lowest BCUT2D eigenvalue weighted by Gasteiger charge is -2.33. The molecule has 1 amide bonds. The van der Waals surface area contributed by atoms with E-state index in [1.165, 1.54) is 19.3 Å². The number of carboxylic acid groups (broad SMARTS) is 1. The van der Waals surface area contributed by atoms with Gasteiger partial charge in [-0.05, 0) is 25.7 Å². The van der Waals surface area contributed by atoms with Crippen molar-refractivity contribution in [2.24, 2.45) is 11.8 Å². The molecule has 0 radical (unpaired) electrons. The maximum Gasteiger partial charge on any atom is 0.307 e. The molecular formula is C15H25NO3. The Bertz CT molecular complexity index is 321. The Morgan fingerprint density at radius 2 is 1.32 bits per heavy atom. The number of carbonyl (C=O) groups is 2. The first kappa shape index (κ1) is 14.4. The Labute approximate surface area is 115 Å². The quantitative estimate of drug-likeness (QED) is 0.836. The van der Waals surface area contributed by atoms with E-state index in [9.17, 15) is 14.7 Å². The first-order valence-corrected chi connectivity index (χ1v) is 7.72. The Kier molecular flexibility index (Phi) is 5.23. The van der Waals surface area contributed by atoms with Crippen molar-refractivity contribution in [1.29, 1.82) is 0 Å². The molecule has 1 N–H and O–H groups in total. The topological polar surface area (TPSA) is 57.6 Å². The van der Waals surface area contributed by atoms with Crippen molar-refractivity contribution in [3.63, 3.8) is 0 Å². The fourth-order valence-corrected chi connectivity index (χ4v) is 3.42. The van der Waals surface area contributed by atoms with E-state index in [2.05, 4.69) is 0 Å². The Morgan fingerprint density at radius 3 is 1.89 bits per heavy atom. The van der Waals surface area contributed by atoms with Gasteiger partial charge in [0.25, 0.3) is 0 Å². The number of amides is 1. The molecule has 2 aliphatic rings. The fourth-order valence-electron chi connectivity index (χ4n) is 3.42. The van der Waals surface area contributed by atoms with Crippen molar-refractivity contribution in [3.05, 3.63) is 0 Å². The van der Waals surface area contributed by atoms with E-state index >= 15 is 0 Å². The minimum Gasteiger partial charge on any atom is -0.481 e. The summed E-state index contributed by atoms with van der Waals surface area (Å²) in [6.07, 6.45) is 9.14. The van der Waals surface area contributed by atoms with Crippen LogP contribution in [0.3, 0.4) is 0 Å². The van der Waals surface area contributed by atoms with Crippen LogP contribution in [0.2, 0.25) is 0 Å². The highest BCUT2D eigenvalue weighted by Gasteiger charge is 2.37. The SMILES string of the molecule is O=C(O)C1CCCCC1C(=O)N1CCCCCCC1. The van der Waals surface area contributed by atoms with Gasteiger partial charge in [-0.2, -0.15) is 0 Å². The zero-order valence-electron chi connectivity index (χ0n) is 11.6. The van der Waals surface area contributed by atoms with E-state index in [-0.39, 0.29) is 11.8 Å². The highest BCUT2D eigenvalue weighted by Crippen LogP contribution is 2.32. The van der Waals surface area contributed by atoms with E-state index in [0.29, 0.717) is 6.42 Å². The number of carboxylic acids is 1. The maximum absolute atomic E-state index is 12.6. The molecule has 0 aromatic heterocycles. The summed E-state index contributed by atoms with van der Waals surface area (Å²) < 4.78 is 0. The van der Waals surface area contributed by atoms with Crippen LogP contribution in [0.15, 0.2) is 0 Å². The lowest BCUT2D eigenvalue weighted by atomic mass is 9.78. The highest BCUT2D eigenvalue weighted by atomic mass is 16.4. The standard InChI is InChI=1S/C15H25NO3/c17-14(16-10-6-2-1-3-7-11-16)12-8-4-5-9-13(12)15(18)19/h12-13H,1-11H2,(H,18,19). The minimum absolute atomic E-state index is 0.106. The molecule has 0 bridgehead atoms. The van der Waals surface area contributed by atoms with Gasteiger partial charge < -0.3 is 10.0 Å². The van der Waals surface area contributed by atoms with E-state index in [0.717, 1.165) is 45.2 Å². The van der Waals surface area contributed by atoms with Crippen LogP contribution in [0.4, 0.5) is 0 Å². The van der Waals surface area contributed by atoms with Crippen molar-refractivity contribution in [2.45, 2.75) is 57.8 Å². The zero-order chi connectivity index (χ0) is 13.7. The minimum atomic E-state index is -0.787. The summed E-state index contributed by atoms with van der Waals surface area (Å²) in [5.41, 5.74) is 0. The van der Waals surface area contributed by atoms with Gasteiger partial charge in [-0.15, -0.1) is 0 Å². The number of likely N-dealkylation sites (tertiary alicyclic amines) is 1. The zero-order valence-corrected chi connectivity index (χ0v) is 11.6. The molecule has 1 aliphatic carbocycles. The van der Waals surface area contributed by atoms with E-state index in [1.54, 1.807) is 0 Å². The van der Waals surface area contributed by atoms with Gasteiger partial charge in [-0.3, -0.25) is 9.59 Å². The molecule has 4 nitrogen and oxygen atoms in total. The third-order valence-electron chi connectivity index (χ3n) is 4.57. The summed E-state index contributed by atoms with van der Waals surface area (Å²) in [4.78, 5) is 25.8. The molecule has 2 atom stereocenters. The van der Waals surface area contributed by atoms with Crippen LogP contribution in [0, 0.1) is 11.8 Å². The Morgan fingerprint density at radius 1 is 0.789 bits per heavy atom. The second-order valence-corrected chi connectivity index (χ2v) is 5.93. The number of aliphatic carboxylic acids is 1. The predicted octanol–water partition coefficient (Wildman–Crippen LogP) is 2.67. The van der Waals surface area contributed by atoms with Crippen LogP contribution in [0.5, 0.6) is 0 Å². The Hall–Kier alpha value is -1.06. The number of carbonyl (C=O) groups excluding carboxylic acids is 1. The molecule has 2 rings (SSSR count). The van der Waals surface area contributed by atoms with E-state index in [1.807, 2.05) is 4.90 Å². The summed E-state index contributed by atoms with van der Waals surface area (Å²) in [5, 5.41) is 9.29. The average molecular weight is 267 g/mol. The van der Waals surface area contributed by atoms with Crippen LogP contribution in [0.25, 0.3) is 0 Å². The second-order valence-electron chi connectivity index (χ2n) is 5.93. The summed E-state index contributed by atoms with van der Waals surface area (Å²) >= 11 is 0. The molecular weight excluding hydrogens is 242 g/mol. The monoisotopic (exact) mass is 267 g/mol. The average Bonchev–Trinajstić information content (AvgIpc) is 2.37. The van der Waals surface area contributed by atoms with Crippen LogP contribution < -0.4 is 0 Å². The Balaban J connectivity index is 2.00. The molecule has 1 saturated carbocycles. The summed E-state index contributed by atoms with van der Waals surface area (Å²) in [5.74, 6) is -1.41. The number of rotatable bonds is 2. The summed E-state index contributed by atoms with van der Waals surface area (Å²) in [7, 11) is 0. The van der Waals surface area contributed by atoms with Gasteiger partial charge in [0.05, 0.1) is 11.8 Å². The van der Waals surface area contributed by atoms with Crippen molar-refractivity contribution in [2.75, 3.05) is 13.1 Å². The third kappa shape index (κ3) is 3.71. The van der Waals surface area contributed by atoms with Gasteiger partial charge in [-0.1, -0.05) is 32.1 Å². The first-order valence-electron chi connectivity index (χ1n) is 7.72. The van der Waals surface area contributed by atoms with Crippen molar-refractivity contribution >= 4 is 11.9 Å². The van der Waals surface area contributed by atoms with Gasteiger partial charge >= 0.3 is 5.97 Å². The third-order valence-corrected chi connectivity index (χ3v) is 4.57. The normalized spacial score (nSPS) is 29.4. The lowest BCUT2D eigenvalue weighted by molar-refractivity contribution is -0.152. The van der Waals surface area contributed by atoms with Gasteiger partial charge in [0, 0.05) is 13.1 Å². The summed E-state index contributed by atoms with van der Waals surface area (Å²) in [6.45, 7) is 1.64. The van der Waals surface area contributed by atoms with Gasteiger partial charge in [0.1, 0.15) is 0 Å². The molecule has 0 aromatic rings. The number of hydrogen-bond donors (Lipinski definition) is 1. The molecule has 0 spiro atoms. The first-order chi connectivity index (χ1) is 9.20. The van der Waals surface area contributed by atoms with Gasteiger partial charge in [0.2, 0.25) is 5.91 Å². The lowest BCUT2D eigenvalue weighted by Crippen LogP contribution is -2.43. The smallest absolute Gasteiger partial charge is 0.307 e. The second kappa shape index (κ2) is 6.92. The largest absolute Gasteiger partial charge is 0.481 e. The number of hydrogen-bond acceptors (Lipinski definition) is 2. The molecule has 108 valence electrons. The van der Waals surface area contributed by atoms with E-state index < -0.39 is 11.9 Å². The van der Waals surface area contributed by atoms with Crippen LogP contribution in [-0.4, -0.2) is 35.0 Å². The molecule has 2 fully saturated rings. The van der Waals surface area contributed by atoms with Crippen molar-refractivity contribution in [3.8, 4) is 0 Å². The van der Waals surface area contributed by atoms with Crippen LogP contribution >= 0.6 is 0 Å². The molecule has 1 aliphatic heterocycles. The highest BCUT2D eigenvalue weighted by molar-refractivity contribution is 5.85. The van der Waals surface area contributed by atoms with E-state index in [4.69, 9.17) is 0 Å². The van der Waals surface area contributed by atoms with Gasteiger partial charge in [-0.25, -0.2) is 0 Å².